The van der Waals surface area contributed by atoms with Gasteiger partial charge in [-0.3, -0.25) is 9.59 Å². The molecule has 0 aliphatic heterocycles. The Labute approximate surface area is 106 Å². The molecule has 0 amide bonds. The Morgan fingerprint density at radius 2 is 1.42 bits per heavy atom. The van der Waals surface area contributed by atoms with Crippen molar-refractivity contribution in [3.8, 4) is 0 Å². The van der Waals surface area contributed by atoms with Crippen LogP contribution in [0.3, 0.4) is 0 Å². The SMILES string of the molecule is O=C(O)CC(O)(C(=O)O)C(CCC(O)(O)O)C(=O)O. The van der Waals surface area contributed by atoms with Crippen LogP contribution < -0.4 is 0 Å². The number of hydrogen-bond donors (Lipinski definition) is 7. The smallest absolute Gasteiger partial charge is 0.337 e. The van der Waals surface area contributed by atoms with E-state index in [2.05, 4.69) is 0 Å². The summed E-state index contributed by atoms with van der Waals surface area (Å²) >= 11 is 0. The van der Waals surface area contributed by atoms with Gasteiger partial charge in [0.25, 0.3) is 5.97 Å². The highest BCUT2D eigenvalue weighted by atomic mass is 16.7. The molecule has 0 aromatic heterocycles. The van der Waals surface area contributed by atoms with E-state index < -0.39 is 54.7 Å². The molecule has 0 saturated carbocycles. The first-order chi connectivity index (χ1) is 8.40. The average molecular weight is 282 g/mol. The molecule has 19 heavy (non-hydrogen) atoms. The van der Waals surface area contributed by atoms with E-state index in [1.807, 2.05) is 0 Å². The van der Waals surface area contributed by atoms with Crippen molar-refractivity contribution in [2.45, 2.75) is 30.8 Å². The summed E-state index contributed by atoms with van der Waals surface area (Å²) in [5, 5.41) is 61.6. The molecule has 7 N–H and O–H groups in total. The van der Waals surface area contributed by atoms with E-state index in [-0.39, 0.29) is 0 Å². The molecule has 0 heterocycles. The van der Waals surface area contributed by atoms with Gasteiger partial charge >= 0.3 is 17.9 Å². The van der Waals surface area contributed by atoms with E-state index in [1.165, 1.54) is 0 Å². The summed E-state index contributed by atoms with van der Waals surface area (Å²) in [6.07, 6.45) is -3.25. The molecule has 0 aliphatic carbocycles. The summed E-state index contributed by atoms with van der Waals surface area (Å²) in [6, 6.07) is 0. The third-order valence-corrected chi connectivity index (χ3v) is 2.43. The quantitative estimate of drug-likeness (QED) is 0.232. The second-order valence-electron chi connectivity index (χ2n) is 4.00. The average Bonchev–Trinajstić information content (AvgIpc) is 2.13. The molecule has 0 rings (SSSR count). The van der Waals surface area contributed by atoms with Crippen LogP contribution in [0.25, 0.3) is 0 Å². The number of rotatable bonds is 8. The van der Waals surface area contributed by atoms with Crippen molar-refractivity contribution in [3.63, 3.8) is 0 Å². The van der Waals surface area contributed by atoms with E-state index in [4.69, 9.17) is 30.6 Å². The predicted octanol–water partition coefficient (Wildman–Crippen LogP) is -2.61. The van der Waals surface area contributed by atoms with E-state index in [0.717, 1.165) is 0 Å². The minimum atomic E-state index is -3.25. The van der Waals surface area contributed by atoms with Crippen molar-refractivity contribution >= 4 is 17.9 Å². The molecule has 2 atom stereocenters. The highest BCUT2D eigenvalue weighted by Gasteiger charge is 2.50. The maximum absolute atomic E-state index is 10.9. The van der Waals surface area contributed by atoms with Gasteiger partial charge in [0, 0.05) is 6.42 Å². The van der Waals surface area contributed by atoms with E-state index in [9.17, 15) is 19.5 Å². The van der Waals surface area contributed by atoms with Crippen LogP contribution in [0.5, 0.6) is 0 Å². The van der Waals surface area contributed by atoms with Gasteiger partial charge in [0.1, 0.15) is 0 Å². The van der Waals surface area contributed by atoms with Crippen molar-refractivity contribution in [2.24, 2.45) is 5.92 Å². The first-order valence-electron chi connectivity index (χ1n) is 4.97. The van der Waals surface area contributed by atoms with E-state index in [0.29, 0.717) is 0 Å². The van der Waals surface area contributed by atoms with Gasteiger partial charge in [0.15, 0.2) is 5.60 Å². The Hall–Kier alpha value is -1.75. The minimum Gasteiger partial charge on any atom is -0.481 e. The Balaban J connectivity index is 5.25. The first kappa shape index (κ1) is 17.2. The number of carbonyl (C=O) groups is 3. The van der Waals surface area contributed by atoms with E-state index in [1.54, 1.807) is 0 Å². The van der Waals surface area contributed by atoms with Crippen LogP contribution >= 0.6 is 0 Å². The lowest BCUT2D eigenvalue weighted by Crippen LogP contribution is -2.51. The minimum absolute atomic E-state index is 0.866. The summed E-state index contributed by atoms with van der Waals surface area (Å²) < 4.78 is 0. The normalized spacial score (nSPS) is 16.4. The van der Waals surface area contributed by atoms with Crippen LogP contribution in [0, 0.1) is 5.92 Å². The first-order valence-corrected chi connectivity index (χ1v) is 4.97. The molecule has 0 spiro atoms. The number of aliphatic carboxylic acids is 3. The Kier molecular flexibility index (Phi) is 5.38. The topological polar surface area (TPSA) is 193 Å². The molecule has 2 unspecified atom stereocenters. The third kappa shape index (κ3) is 5.18. The number of aliphatic hydroxyl groups is 4. The largest absolute Gasteiger partial charge is 0.481 e. The Morgan fingerprint density at radius 1 is 0.947 bits per heavy atom. The molecule has 0 aromatic rings. The number of carboxylic acids is 3. The fourth-order valence-corrected chi connectivity index (χ4v) is 1.48. The zero-order chi connectivity index (χ0) is 15.4. The molecular formula is C9H14O10. The molecule has 0 bridgehead atoms. The van der Waals surface area contributed by atoms with Crippen LogP contribution in [-0.4, -0.2) is 65.2 Å². The molecule has 110 valence electrons. The van der Waals surface area contributed by atoms with Crippen molar-refractivity contribution in [1.82, 2.24) is 0 Å². The van der Waals surface area contributed by atoms with Crippen LogP contribution in [0.2, 0.25) is 0 Å². The second-order valence-corrected chi connectivity index (χ2v) is 4.00. The van der Waals surface area contributed by atoms with Gasteiger partial charge in [-0.15, -0.1) is 0 Å². The van der Waals surface area contributed by atoms with Crippen molar-refractivity contribution in [1.29, 1.82) is 0 Å². The lowest BCUT2D eigenvalue weighted by Gasteiger charge is -2.29. The second kappa shape index (κ2) is 5.93. The fraction of sp³-hybridized carbons (Fsp3) is 0.667. The van der Waals surface area contributed by atoms with Gasteiger partial charge in [0.05, 0.1) is 12.3 Å². The summed E-state index contributed by atoms with van der Waals surface area (Å²) in [4.78, 5) is 32.2. The zero-order valence-electron chi connectivity index (χ0n) is 9.55. The van der Waals surface area contributed by atoms with Gasteiger partial charge in [0.2, 0.25) is 0 Å². The van der Waals surface area contributed by atoms with Crippen LogP contribution in [0.15, 0.2) is 0 Å². The molecule has 0 fully saturated rings. The summed E-state index contributed by atoms with van der Waals surface area (Å²) in [5.41, 5.74) is -3.14. The van der Waals surface area contributed by atoms with Crippen molar-refractivity contribution in [3.05, 3.63) is 0 Å². The van der Waals surface area contributed by atoms with Crippen LogP contribution in [0.1, 0.15) is 19.3 Å². The maximum Gasteiger partial charge on any atom is 0.337 e. The highest BCUT2D eigenvalue weighted by molar-refractivity contribution is 5.89. The molecule has 0 aliphatic rings. The third-order valence-electron chi connectivity index (χ3n) is 2.43. The summed E-state index contributed by atoms with van der Waals surface area (Å²) in [6.45, 7) is 0. The van der Waals surface area contributed by atoms with Gasteiger partial charge in [-0.25, -0.2) is 4.79 Å². The van der Waals surface area contributed by atoms with Crippen LogP contribution in [-0.2, 0) is 14.4 Å². The lowest BCUT2D eigenvalue weighted by atomic mass is 9.81. The highest BCUT2D eigenvalue weighted by Crippen LogP contribution is 2.28. The van der Waals surface area contributed by atoms with Gasteiger partial charge in [-0.05, 0) is 6.42 Å². The predicted molar refractivity (Wildman–Crippen MR) is 54.6 cm³/mol. The standard InChI is InChI=1S/C9H14O10/c10-5(11)3-8(16,7(14)15)4(6(12)13)1-2-9(17,18)19/h4,16-19H,1-3H2,(H,10,11)(H,12,13)(H,14,15). The van der Waals surface area contributed by atoms with Gasteiger partial charge in [-0.2, -0.15) is 0 Å². The Bertz CT molecular complexity index is 370. The van der Waals surface area contributed by atoms with E-state index >= 15 is 0 Å². The lowest BCUT2D eigenvalue weighted by molar-refractivity contribution is -0.316. The summed E-state index contributed by atoms with van der Waals surface area (Å²) in [5.74, 6) is -11.1. The maximum atomic E-state index is 10.9. The number of hydrogen-bond acceptors (Lipinski definition) is 7. The fourth-order valence-electron chi connectivity index (χ4n) is 1.48. The van der Waals surface area contributed by atoms with Crippen molar-refractivity contribution in [2.75, 3.05) is 0 Å². The van der Waals surface area contributed by atoms with Crippen molar-refractivity contribution < 1.29 is 50.1 Å². The van der Waals surface area contributed by atoms with Gasteiger partial charge < -0.3 is 35.7 Å². The molecular weight excluding hydrogens is 268 g/mol. The molecule has 0 radical (unpaired) electrons. The monoisotopic (exact) mass is 282 g/mol. The molecule has 0 saturated heterocycles. The van der Waals surface area contributed by atoms with Gasteiger partial charge in [-0.1, -0.05) is 0 Å². The molecule has 10 nitrogen and oxygen atoms in total. The number of carboxylic acid groups (broad SMARTS) is 3. The molecule has 0 aromatic carbocycles. The van der Waals surface area contributed by atoms with Crippen LogP contribution in [0.4, 0.5) is 0 Å². The Morgan fingerprint density at radius 3 is 1.68 bits per heavy atom. The zero-order valence-corrected chi connectivity index (χ0v) is 9.55. The summed E-state index contributed by atoms with van der Waals surface area (Å²) in [7, 11) is 0. The molecule has 10 heteroatoms.